The molecule has 0 spiro atoms. The van der Waals surface area contributed by atoms with Crippen molar-refractivity contribution in [3.05, 3.63) is 0 Å². The molecular weight excluding hydrogens is 288 g/mol. The van der Waals surface area contributed by atoms with Gasteiger partial charge in [-0.05, 0) is 0 Å². The molecule has 0 amide bonds. The van der Waals surface area contributed by atoms with E-state index in [2.05, 4.69) is 10.2 Å². The number of rotatable bonds is 4. The van der Waals surface area contributed by atoms with Gasteiger partial charge in [-0.25, -0.2) is 8.42 Å². The van der Waals surface area contributed by atoms with Crippen molar-refractivity contribution in [3.63, 3.8) is 0 Å². The Morgan fingerprint density at radius 3 is 2.72 bits per heavy atom. The van der Waals surface area contributed by atoms with Crippen LogP contribution in [-0.2, 0) is 9.84 Å². The lowest BCUT2D eigenvalue weighted by molar-refractivity contribution is 0.245. The molecule has 0 saturated carbocycles. The quantitative estimate of drug-likeness (QED) is 0.816. The second-order valence-electron chi connectivity index (χ2n) is 4.70. The lowest BCUT2D eigenvalue weighted by Crippen LogP contribution is -2.54. The Morgan fingerprint density at radius 2 is 2.06 bits per heavy atom. The molecular formula is C11H22N2O2S3. The summed E-state index contributed by atoms with van der Waals surface area (Å²) < 4.78 is 24.3. The van der Waals surface area contributed by atoms with Crippen molar-refractivity contribution in [2.75, 3.05) is 48.4 Å². The summed E-state index contributed by atoms with van der Waals surface area (Å²) in [5, 5.41) is 3.22. The molecule has 2 unspecified atom stereocenters. The van der Waals surface area contributed by atoms with Crippen LogP contribution in [0.1, 0.15) is 6.92 Å². The molecule has 2 heterocycles. The molecule has 106 valence electrons. The zero-order valence-electron chi connectivity index (χ0n) is 10.8. The number of sulfone groups is 1. The molecule has 2 saturated heterocycles. The molecule has 0 aromatic rings. The zero-order chi connectivity index (χ0) is 13.0. The molecule has 0 aromatic heterocycles. The Morgan fingerprint density at radius 1 is 1.28 bits per heavy atom. The van der Waals surface area contributed by atoms with Gasteiger partial charge in [-0.15, -0.1) is 0 Å². The maximum Gasteiger partial charge on any atom is 0.166 e. The van der Waals surface area contributed by atoms with Crippen LogP contribution in [0.4, 0.5) is 0 Å². The van der Waals surface area contributed by atoms with Gasteiger partial charge in [-0.1, -0.05) is 6.92 Å². The van der Waals surface area contributed by atoms with Gasteiger partial charge in [0.25, 0.3) is 0 Å². The van der Waals surface area contributed by atoms with Gasteiger partial charge in [-0.2, -0.15) is 23.5 Å². The van der Waals surface area contributed by atoms with E-state index in [4.69, 9.17) is 0 Å². The Kier molecular flexibility index (Phi) is 5.68. The van der Waals surface area contributed by atoms with Crippen LogP contribution in [0, 0.1) is 0 Å². The Hall–Kier alpha value is 0.570. The predicted molar refractivity (Wildman–Crippen MR) is 81.3 cm³/mol. The highest BCUT2D eigenvalue weighted by Crippen LogP contribution is 2.22. The van der Waals surface area contributed by atoms with Crippen LogP contribution in [0.5, 0.6) is 0 Å². The average Bonchev–Trinajstić information content (AvgIpc) is 2.40. The second kappa shape index (κ2) is 6.83. The number of hydrogen-bond donors (Lipinski definition) is 1. The van der Waals surface area contributed by atoms with E-state index in [1.807, 2.05) is 11.8 Å². The van der Waals surface area contributed by atoms with Gasteiger partial charge in [0.05, 0.1) is 0 Å². The molecule has 2 rings (SSSR count). The summed E-state index contributed by atoms with van der Waals surface area (Å²) in [4.78, 5) is 2.18. The molecule has 0 radical (unpaired) electrons. The smallest absolute Gasteiger partial charge is 0.166 e. The van der Waals surface area contributed by atoms with Crippen LogP contribution in [-0.4, -0.2) is 73.1 Å². The Labute approximate surface area is 119 Å². The van der Waals surface area contributed by atoms with Gasteiger partial charge >= 0.3 is 0 Å². The maximum atomic E-state index is 12.1. The van der Waals surface area contributed by atoms with Gasteiger partial charge < -0.3 is 5.32 Å². The SMILES string of the molecule is CCS(=O)(=O)C1CSCCN1CC1CSCCN1. The number of nitrogens with one attached hydrogen (secondary N) is 1. The third-order valence-electron chi connectivity index (χ3n) is 3.46. The predicted octanol–water partition coefficient (Wildman–Crippen LogP) is 0.501. The molecule has 2 aliphatic rings. The second-order valence-corrected chi connectivity index (χ2v) is 9.45. The summed E-state index contributed by atoms with van der Waals surface area (Å²) in [7, 11) is -2.95. The summed E-state index contributed by atoms with van der Waals surface area (Å²) in [6.07, 6.45) is 0. The van der Waals surface area contributed by atoms with Crippen molar-refractivity contribution in [3.8, 4) is 0 Å². The summed E-state index contributed by atoms with van der Waals surface area (Å²) in [5.74, 6) is 4.30. The third kappa shape index (κ3) is 3.79. The van der Waals surface area contributed by atoms with Gasteiger partial charge in [0.1, 0.15) is 5.37 Å². The summed E-state index contributed by atoms with van der Waals surface area (Å²) in [6, 6.07) is 0.446. The first-order valence-corrected chi connectivity index (χ1v) is 10.5. The van der Waals surface area contributed by atoms with Crippen LogP contribution in [0.3, 0.4) is 0 Å². The van der Waals surface area contributed by atoms with Crippen LogP contribution < -0.4 is 5.32 Å². The molecule has 18 heavy (non-hydrogen) atoms. The standard InChI is InChI=1S/C11H22N2O2S3/c1-2-18(14,15)11-9-17-6-4-13(11)7-10-8-16-5-3-12-10/h10-12H,2-9H2,1H3. The lowest BCUT2D eigenvalue weighted by atomic mass is 10.3. The molecule has 2 aliphatic heterocycles. The van der Waals surface area contributed by atoms with Crippen LogP contribution in [0.15, 0.2) is 0 Å². The van der Waals surface area contributed by atoms with E-state index in [1.165, 1.54) is 5.75 Å². The molecule has 0 aliphatic carbocycles. The molecule has 7 heteroatoms. The summed E-state index contributed by atoms with van der Waals surface area (Å²) in [5.41, 5.74) is 0. The lowest BCUT2D eigenvalue weighted by Gasteiger charge is -2.37. The summed E-state index contributed by atoms with van der Waals surface area (Å²) >= 11 is 3.73. The van der Waals surface area contributed by atoms with Crippen molar-refractivity contribution < 1.29 is 8.42 Å². The molecule has 1 N–H and O–H groups in total. The number of hydrogen-bond acceptors (Lipinski definition) is 6. The van der Waals surface area contributed by atoms with Crippen molar-refractivity contribution in [1.29, 1.82) is 0 Å². The highest BCUT2D eigenvalue weighted by molar-refractivity contribution is 8.01. The zero-order valence-corrected chi connectivity index (χ0v) is 13.2. The van der Waals surface area contributed by atoms with Crippen LogP contribution in [0.2, 0.25) is 0 Å². The maximum absolute atomic E-state index is 12.1. The van der Waals surface area contributed by atoms with E-state index >= 15 is 0 Å². The Bertz CT molecular complexity index is 355. The third-order valence-corrected chi connectivity index (χ3v) is 7.92. The Balaban J connectivity index is 1.99. The van der Waals surface area contributed by atoms with Crippen molar-refractivity contribution >= 4 is 33.4 Å². The largest absolute Gasteiger partial charge is 0.311 e. The molecule has 2 fully saturated rings. The minimum Gasteiger partial charge on any atom is -0.311 e. The van der Waals surface area contributed by atoms with Gasteiger partial charge in [0, 0.05) is 54.4 Å². The normalized spacial score (nSPS) is 31.4. The highest BCUT2D eigenvalue weighted by atomic mass is 32.2. The average molecular weight is 311 g/mol. The molecule has 2 atom stereocenters. The highest BCUT2D eigenvalue weighted by Gasteiger charge is 2.34. The van der Waals surface area contributed by atoms with Gasteiger partial charge in [0.2, 0.25) is 0 Å². The van der Waals surface area contributed by atoms with E-state index in [0.29, 0.717) is 6.04 Å². The van der Waals surface area contributed by atoms with Gasteiger partial charge in [0.15, 0.2) is 9.84 Å². The van der Waals surface area contributed by atoms with E-state index in [1.54, 1.807) is 18.7 Å². The topological polar surface area (TPSA) is 49.4 Å². The fourth-order valence-corrected chi connectivity index (χ4v) is 6.40. The van der Waals surface area contributed by atoms with Crippen LogP contribution >= 0.6 is 23.5 Å². The first-order chi connectivity index (χ1) is 8.63. The van der Waals surface area contributed by atoms with Crippen molar-refractivity contribution in [2.45, 2.75) is 18.3 Å². The van der Waals surface area contributed by atoms with E-state index in [9.17, 15) is 8.42 Å². The summed E-state index contributed by atoms with van der Waals surface area (Å²) in [6.45, 7) is 4.57. The van der Waals surface area contributed by atoms with E-state index in [-0.39, 0.29) is 11.1 Å². The number of thioether (sulfide) groups is 2. The molecule has 4 nitrogen and oxygen atoms in total. The minimum atomic E-state index is -2.95. The van der Waals surface area contributed by atoms with E-state index in [0.717, 1.165) is 36.9 Å². The fourth-order valence-electron chi connectivity index (χ4n) is 2.37. The molecule has 0 bridgehead atoms. The first-order valence-electron chi connectivity index (χ1n) is 6.48. The monoisotopic (exact) mass is 310 g/mol. The van der Waals surface area contributed by atoms with Crippen molar-refractivity contribution in [2.24, 2.45) is 0 Å². The van der Waals surface area contributed by atoms with Gasteiger partial charge in [-0.3, -0.25) is 4.90 Å². The molecule has 0 aromatic carbocycles. The van der Waals surface area contributed by atoms with Crippen LogP contribution in [0.25, 0.3) is 0 Å². The fraction of sp³-hybridized carbons (Fsp3) is 1.00. The van der Waals surface area contributed by atoms with E-state index < -0.39 is 9.84 Å². The first kappa shape index (κ1) is 15.0. The number of nitrogens with zero attached hydrogens (tertiary/aromatic N) is 1. The van der Waals surface area contributed by atoms with Crippen molar-refractivity contribution in [1.82, 2.24) is 10.2 Å². The minimum absolute atomic E-state index is 0.252.